The van der Waals surface area contributed by atoms with Crippen LogP contribution >= 0.6 is 0 Å². The zero-order valence-electron chi connectivity index (χ0n) is 9.04. The zero-order valence-corrected chi connectivity index (χ0v) is 9.04. The summed E-state index contributed by atoms with van der Waals surface area (Å²) in [6.07, 6.45) is 1.16. The molecule has 1 aliphatic rings. The van der Waals surface area contributed by atoms with E-state index in [1.165, 1.54) is 0 Å². The van der Waals surface area contributed by atoms with Gasteiger partial charge in [-0.3, -0.25) is 0 Å². The monoisotopic (exact) mass is 184 g/mol. The predicted octanol–water partition coefficient (Wildman–Crippen LogP) is -0.172. The summed E-state index contributed by atoms with van der Waals surface area (Å²) in [6, 6.07) is 0.458. The van der Waals surface area contributed by atoms with Crippen molar-refractivity contribution >= 4 is 5.96 Å². The highest BCUT2D eigenvalue weighted by molar-refractivity contribution is 5.79. The summed E-state index contributed by atoms with van der Waals surface area (Å²) in [4.78, 5) is 8.79. The smallest absolute Gasteiger partial charge is 0.195 e. The summed E-state index contributed by atoms with van der Waals surface area (Å²) in [5.41, 5.74) is 0. The highest BCUT2D eigenvalue weighted by Gasteiger charge is 2.15. The number of hydrogen-bond acceptors (Lipinski definition) is 2. The van der Waals surface area contributed by atoms with Crippen LogP contribution in [0.2, 0.25) is 0 Å². The minimum Gasteiger partial charge on any atom is -0.349 e. The maximum absolute atomic E-state index is 4.68. The molecule has 1 saturated heterocycles. The molecule has 0 aromatic heterocycles. The lowest BCUT2D eigenvalue weighted by Crippen LogP contribution is -2.36. The fraction of sp³-hybridized carbons (Fsp3) is 0.889. The van der Waals surface area contributed by atoms with Crippen LogP contribution in [-0.4, -0.2) is 63.1 Å². The molecule has 1 fully saturated rings. The second-order valence-corrected chi connectivity index (χ2v) is 3.86. The topological polar surface area (TPSA) is 30.9 Å². The Morgan fingerprint density at radius 2 is 1.85 bits per heavy atom. The van der Waals surface area contributed by atoms with E-state index in [0.29, 0.717) is 6.04 Å². The minimum absolute atomic E-state index is 0.458. The highest BCUT2D eigenvalue weighted by atomic mass is 15.3. The van der Waals surface area contributed by atoms with Gasteiger partial charge in [-0.25, -0.2) is 4.99 Å². The molecule has 4 heteroatoms. The van der Waals surface area contributed by atoms with Crippen LogP contribution in [0.4, 0.5) is 0 Å². The van der Waals surface area contributed by atoms with Crippen molar-refractivity contribution in [3.05, 3.63) is 0 Å². The number of hydrogen-bond donors (Lipinski definition) is 1. The van der Waals surface area contributed by atoms with Gasteiger partial charge >= 0.3 is 0 Å². The third-order valence-electron chi connectivity index (χ3n) is 2.13. The van der Waals surface area contributed by atoms with Crippen molar-refractivity contribution in [2.45, 2.75) is 12.5 Å². The molecule has 13 heavy (non-hydrogen) atoms. The highest BCUT2D eigenvalue weighted by Crippen LogP contribution is 2.04. The summed E-state index contributed by atoms with van der Waals surface area (Å²) in [7, 11) is 8.12. The summed E-state index contributed by atoms with van der Waals surface area (Å²) in [6.45, 7) is 2.12. The summed E-state index contributed by atoms with van der Waals surface area (Å²) in [5, 5.41) is 3.31. The molecule has 0 aliphatic carbocycles. The van der Waals surface area contributed by atoms with Crippen molar-refractivity contribution in [1.29, 1.82) is 0 Å². The van der Waals surface area contributed by atoms with E-state index in [4.69, 9.17) is 0 Å². The van der Waals surface area contributed by atoms with Gasteiger partial charge in [0.1, 0.15) is 0 Å². The van der Waals surface area contributed by atoms with E-state index in [1.807, 2.05) is 28.2 Å². The van der Waals surface area contributed by atoms with Gasteiger partial charge in [0.2, 0.25) is 0 Å². The number of nitrogens with zero attached hydrogens (tertiary/aromatic N) is 3. The number of nitrogens with one attached hydrogen (secondary N) is 1. The molecule has 0 spiro atoms. The van der Waals surface area contributed by atoms with Crippen LogP contribution in [-0.2, 0) is 0 Å². The third kappa shape index (κ3) is 2.88. The SMILES string of the molecule is CN(C)C(=NC1CCNC1)N(C)C. The Bertz CT molecular complexity index is 170. The molecule has 1 aliphatic heterocycles. The quantitative estimate of drug-likeness (QED) is 0.453. The second-order valence-electron chi connectivity index (χ2n) is 3.86. The van der Waals surface area contributed by atoms with Gasteiger partial charge in [0.25, 0.3) is 0 Å². The first-order valence-electron chi connectivity index (χ1n) is 4.74. The Balaban J connectivity index is 2.61. The molecule has 1 N–H and O–H groups in total. The Hall–Kier alpha value is -0.770. The fourth-order valence-corrected chi connectivity index (χ4v) is 1.54. The molecular weight excluding hydrogens is 164 g/mol. The maximum atomic E-state index is 4.68. The third-order valence-corrected chi connectivity index (χ3v) is 2.13. The second kappa shape index (κ2) is 4.46. The molecule has 0 saturated carbocycles. The largest absolute Gasteiger partial charge is 0.349 e. The van der Waals surface area contributed by atoms with Crippen LogP contribution in [0.25, 0.3) is 0 Å². The van der Waals surface area contributed by atoms with Gasteiger partial charge in [0.15, 0.2) is 5.96 Å². The molecule has 1 atom stereocenters. The Labute approximate surface area is 80.6 Å². The van der Waals surface area contributed by atoms with Crippen molar-refractivity contribution < 1.29 is 0 Å². The van der Waals surface area contributed by atoms with Crippen molar-refractivity contribution in [1.82, 2.24) is 15.1 Å². The van der Waals surface area contributed by atoms with E-state index in [9.17, 15) is 0 Å². The summed E-state index contributed by atoms with van der Waals surface area (Å²) in [5.74, 6) is 1.05. The molecule has 0 aromatic rings. The lowest BCUT2D eigenvalue weighted by atomic mass is 10.3. The minimum atomic E-state index is 0.458. The number of rotatable bonds is 1. The first-order chi connectivity index (χ1) is 6.11. The standard InChI is InChI=1S/C9H20N4/c1-12(2)9(13(3)4)11-8-5-6-10-7-8/h8,10H,5-7H2,1-4H3. The van der Waals surface area contributed by atoms with E-state index < -0.39 is 0 Å². The summed E-state index contributed by atoms with van der Waals surface area (Å²) < 4.78 is 0. The van der Waals surface area contributed by atoms with E-state index in [-0.39, 0.29) is 0 Å². The van der Waals surface area contributed by atoms with E-state index in [1.54, 1.807) is 0 Å². The van der Waals surface area contributed by atoms with Crippen molar-refractivity contribution in [3.8, 4) is 0 Å². The first kappa shape index (κ1) is 10.3. The van der Waals surface area contributed by atoms with Crippen LogP contribution in [0, 0.1) is 0 Å². The van der Waals surface area contributed by atoms with Crippen LogP contribution in [0.5, 0.6) is 0 Å². The molecule has 76 valence electrons. The van der Waals surface area contributed by atoms with E-state index in [0.717, 1.165) is 25.5 Å². The van der Waals surface area contributed by atoms with Crippen LogP contribution in [0.1, 0.15) is 6.42 Å². The van der Waals surface area contributed by atoms with Gasteiger partial charge in [-0.2, -0.15) is 0 Å². The maximum Gasteiger partial charge on any atom is 0.195 e. The molecule has 0 radical (unpaired) electrons. The molecule has 0 bridgehead atoms. The van der Waals surface area contributed by atoms with Gasteiger partial charge in [0, 0.05) is 34.7 Å². The van der Waals surface area contributed by atoms with Crippen molar-refractivity contribution in [3.63, 3.8) is 0 Å². The molecule has 1 unspecified atom stereocenters. The number of guanidine groups is 1. The molecule has 4 nitrogen and oxygen atoms in total. The predicted molar refractivity (Wildman–Crippen MR) is 56.1 cm³/mol. The van der Waals surface area contributed by atoms with Crippen LogP contribution < -0.4 is 5.32 Å². The van der Waals surface area contributed by atoms with Crippen molar-refractivity contribution in [2.75, 3.05) is 41.3 Å². The Morgan fingerprint density at radius 3 is 2.23 bits per heavy atom. The Kier molecular flexibility index (Phi) is 3.54. The average Bonchev–Trinajstić information content (AvgIpc) is 2.50. The lowest BCUT2D eigenvalue weighted by Gasteiger charge is -2.23. The first-order valence-corrected chi connectivity index (χ1v) is 4.74. The molecule has 0 aromatic carbocycles. The van der Waals surface area contributed by atoms with Crippen LogP contribution in [0.15, 0.2) is 4.99 Å². The lowest BCUT2D eigenvalue weighted by molar-refractivity contribution is 0.473. The van der Waals surface area contributed by atoms with Crippen LogP contribution in [0.3, 0.4) is 0 Å². The number of aliphatic imine (C=N–C) groups is 1. The van der Waals surface area contributed by atoms with Gasteiger partial charge in [-0.1, -0.05) is 0 Å². The molecule has 0 amide bonds. The molecule has 1 rings (SSSR count). The normalized spacial score (nSPS) is 21.4. The van der Waals surface area contributed by atoms with Gasteiger partial charge in [-0.05, 0) is 13.0 Å². The molecular formula is C9H20N4. The van der Waals surface area contributed by atoms with Crippen molar-refractivity contribution in [2.24, 2.45) is 4.99 Å². The zero-order chi connectivity index (χ0) is 9.84. The van der Waals surface area contributed by atoms with E-state index in [2.05, 4.69) is 20.1 Å². The fourth-order valence-electron chi connectivity index (χ4n) is 1.54. The molecule has 1 heterocycles. The van der Waals surface area contributed by atoms with Gasteiger partial charge < -0.3 is 15.1 Å². The van der Waals surface area contributed by atoms with Gasteiger partial charge in [0.05, 0.1) is 6.04 Å². The Morgan fingerprint density at radius 1 is 1.23 bits per heavy atom. The summed E-state index contributed by atoms with van der Waals surface area (Å²) >= 11 is 0. The van der Waals surface area contributed by atoms with E-state index >= 15 is 0 Å². The van der Waals surface area contributed by atoms with Gasteiger partial charge in [-0.15, -0.1) is 0 Å². The average molecular weight is 184 g/mol.